The van der Waals surface area contributed by atoms with Crippen LogP contribution >= 0.6 is 0 Å². The minimum atomic E-state index is -0.939. The van der Waals surface area contributed by atoms with Crippen LogP contribution in [0, 0.1) is 13.8 Å². The number of carbonyl (C=O) groups is 1. The highest BCUT2D eigenvalue weighted by atomic mass is 16.4. The van der Waals surface area contributed by atoms with Crippen molar-refractivity contribution in [2.75, 3.05) is 5.32 Å². The zero-order valence-electron chi connectivity index (χ0n) is 11.9. The van der Waals surface area contributed by atoms with Crippen molar-refractivity contribution < 1.29 is 9.90 Å². The molecule has 1 aromatic heterocycles. The molecule has 0 unspecified atom stereocenters. The highest BCUT2D eigenvalue weighted by Crippen LogP contribution is 2.22. The lowest BCUT2D eigenvalue weighted by atomic mass is 10.1. The number of nitrogens with zero attached hydrogens (tertiary/aromatic N) is 1. The number of pyridine rings is 1. The SMILES string of the molecule is CCc1cc(C(=O)O)cc(Nc2cc(C)ccc2C)n1. The third-order valence-corrected chi connectivity index (χ3v) is 3.14. The predicted molar refractivity (Wildman–Crippen MR) is 79.8 cm³/mol. The van der Waals surface area contributed by atoms with Crippen LogP contribution in [-0.2, 0) is 6.42 Å². The Morgan fingerprint density at radius 3 is 2.65 bits per heavy atom. The lowest BCUT2D eigenvalue weighted by Gasteiger charge is -2.11. The van der Waals surface area contributed by atoms with Gasteiger partial charge in [-0.15, -0.1) is 0 Å². The summed E-state index contributed by atoms with van der Waals surface area (Å²) in [7, 11) is 0. The van der Waals surface area contributed by atoms with Gasteiger partial charge in [-0.25, -0.2) is 9.78 Å². The molecule has 0 aliphatic heterocycles. The molecule has 0 radical (unpaired) electrons. The maximum Gasteiger partial charge on any atom is 0.335 e. The summed E-state index contributed by atoms with van der Waals surface area (Å²) in [5.41, 5.74) is 4.20. The van der Waals surface area contributed by atoms with Crippen LogP contribution in [0.25, 0.3) is 0 Å². The Balaban J connectivity index is 2.39. The number of rotatable bonds is 4. The quantitative estimate of drug-likeness (QED) is 0.889. The van der Waals surface area contributed by atoms with Crippen molar-refractivity contribution >= 4 is 17.5 Å². The molecular formula is C16H18N2O2. The van der Waals surface area contributed by atoms with Crippen molar-refractivity contribution in [1.29, 1.82) is 0 Å². The Kier molecular flexibility index (Phi) is 4.03. The molecule has 1 aromatic carbocycles. The molecule has 0 aliphatic rings. The molecule has 0 fully saturated rings. The topological polar surface area (TPSA) is 62.2 Å². The van der Waals surface area contributed by atoms with Gasteiger partial charge in [-0.1, -0.05) is 19.1 Å². The standard InChI is InChI=1S/C16H18N2O2/c1-4-13-8-12(16(19)20)9-15(17-13)18-14-7-10(2)5-6-11(14)3/h5-9H,4H2,1-3H3,(H,17,18)(H,19,20). The first kappa shape index (κ1) is 14.1. The third kappa shape index (κ3) is 3.15. The van der Waals surface area contributed by atoms with Crippen molar-refractivity contribution in [3.05, 3.63) is 52.7 Å². The summed E-state index contributed by atoms with van der Waals surface area (Å²) in [6.07, 6.45) is 0.697. The van der Waals surface area contributed by atoms with Crippen LogP contribution in [0.1, 0.15) is 34.1 Å². The van der Waals surface area contributed by atoms with Crippen molar-refractivity contribution in [3.63, 3.8) is 0 Å². The Bertz CT molecular complexity index is 651. The van der Waals surface area contributed by atoms with E-state index in [0.29, 0.717) is 12.2 Å². The van der Waals surface area contributed by atoms with Gasteiger partial charge >= 0.3 is 5.97 Å². The van der Waals surface area contributed by atoms with Crippen LogP contribution in [0.2, 0.25) is 0 Å². The second kappa shape index (κ2) is 5.74. The van der Waals surface area contributed by atoms with E-state index in [4.69, 9.17) is 5.11 Å². The van der Waals surface area contributed by atoms with E-state index in [0.717, 1.165) is 22.5 Å². The summed E-state index contributed by atoms with van der Waals surface area (Å²) < 4.78 is 0. The maximum absolute atomic E-state index is 11.1. The number of hydrogen-bond donors (Lipinski definition) is 2. The minimum Gasteiger partial charge on any atom is -0.478 e. The van der Waals surface area contributed by atoms with Crippen LogP contribution < -0.4 is 5.32 Å². The summed E-state index contributed by atoms with van der Waals surface area (Å²) in [5, 5.41) is 12.3. The van der Waals surface area contributed by atoms with Gasteiger partial charge in [0.25, 0.3) is 0 Å². The van der Waals surface area contributed by atoms with Crippen LogP contribution in [-0.4, -0.2) is 16.1 Å². The monoisotopic (exact) mass is 270 g/mol. The van der Waals surface area contributed by atoms with Gasteiger partial charge in [0.2, 0.25) is 0 Å². The first-order valence-electron chi connectivity index (χ1n) is 6.58. The summed E-state index contributed by atoms with van der Waals surface area (Å²) >= 11 is 0. The van der Waals surface area contributed by atoms with E-state index in [1.54, 1.807) is 12.1 Å². The molecule has 2 N–H and O–H groups in total. The second-order valence-electron chi connectivity index (χ2n) is 4.83. The lowest BCUT2D eigenvalue weighted by Crippen LogP contribution is -2.04. The van der Waals surface area contributed by atoms with Gasteiger partial charge in [0.15, 0.2) is 0 Å². The second-order valence-corrected chi connectivity index (χ2v) is 4.83. The summed E-state index contributed by atoms with van der Waals surface area (Å²) in [6, 6.07) is 9.26. The molecular weight excluding hydrogens is 252 g/mol. The fourth-order valence-electron chi connectivity index (χ4n) is 1.96. The lowest BCUT2D eigenvalue weighted by molar-refractivity contribution is 0.0696. The first-order valence-corrected chi connectivity index (χ1v) is 6.58. The third-order valence-electron chi connectivity index (χ3n) is 3.14. The molecule has 0 saturated carbocycles. The van der Waals surface area contributed by atoms with Gasteiger partial charge < -0.3 is 10.4 Å². The maximum atomic E-state index is 11.1. The molecule has 2 aromatic rings. The molecule has 104 valence electrons. The largest absolute Gasteiger partial charge is 0.478 e. The van der Waals surface area contributed by atoms with Gasteiger partial charge in [0.1, 0.15) is 5.82 Å². The van der Waals surface area contributed by atoms with E-state index in [1.807, 2.05) is 39.0 Å². The number of aromatic carboxylic acids is 1. The van der Waals surface area contributed by atoms with E-state index in [1.165, 1.54) is 0 Å². The van der Waals surface area contributed by atoms with Crippen LogP contribution in [0.5, 0.6) is 0 Å². The number of carboxylic acids is 1. The fraction of sp³-hybridized carbons (Fsp3) is 0.250. The Morgan fingerprint density at radius 2 is 2.00 bits per heavy atom. The molecule has 2 rings (SSSR count). The summed E-state index contributed by atoms with van der Waals surface area (Å²) in [6.45, 7) is 5.97. The van der Waals surface area contributed by atoms with Gasteiger partial charge in [0, 0.05) is 11.4 Å². The average molecular weight is 270 g/mol. The zero-order valence-corrected chi connectivity index (χ0v) is 11.9. The normalized spacial score (nSPS) is 10.3. The Morgan fingerprint density at radius 1 is 1.25 bits per heavy atom. The number of carboxylic acid groups (broad SMARTS) is 1. The van der Waals surface area contributed by atoms with Gasteiger partial charge in [-0.3, -0.25) is 0 Å². The minimum absolute atomic E-state index is 0.254. The molecule has 4 heteroatoms. The first-order chi connectivity index (χ1) is 9.49. The predicted octanol–water partition coefficient (Wildman–Crippen LogP) is 3.70. The van der Waals surface area contributed by atoms with Crippen molar-refractivity contribution in [1.82, 2.24) is 4.98 Å². The molecule has 4 nitrogen and oxygen atoms in total. The number of aryl methyl sites for hydroxylation is 3. The molecule has 0 aliphatic carbocycles. The summed E-state index contributed by atoms with van der Waals surface area (Å²) in [4.78, 5) is 15.6. The van der Waals surface area contributed by atoms with E-state index < -0.39 is 5.97 Å². The molecule has 0 atom stereocenters. The number of benzene rings is 1. The van der Waals surface area contributed by atoms with E-state index in [-0.39, 0.29) is 5.56 Å². The molecule has 0 bridgehead atoms. The Hall–Kier alpha value is -2.36. The van der Waals surface area contributed by atoms with Crippen molar-refractivity contribution in [3.8, 4) is 0 Å². The average Bonchev–Trinajstić information content (AvgIpc) is 2.42. The van der Waals surface area contributed by atoms with Gasteiger partial charge in [-0.2, -0.15) is 0 Å². The van der Waals surface area contributed by atoms with Crippen LogP contribution in [0.4, 0.5) is 11.5 Å². The van der Waals surface area contributed by atoms with E-state index in [9.17, 15) is 4.79 Å². The molecule has 0 saturated heterocycles. The van der Waals surface area contributed by atoms with Crippen molar-refractivity contribution in [2.24, 2.45) is 0 Å². The van der Waals surface area contributed by atoms with Crippen LogP contribution in [0.3, 0.4) is 0 Å². The molecule has 1 heterocycles. The molecule has 0 amide bonds. The summed E-state index contributed by atoms with van der Waals surface area (Å²) in [5.74, 6) is -0.374. The number of aromatic nitrogens is 1. The van der Waals surface area contributed by atoms with E-state index in [2.05, 4.69) is 10.3 Å². The molecule has 0 spiro atoms. The smallest absolute Gasteiger partial charge is 0.335 e. The van der Waals surface area contributed by atoms with Crippen LogP contribution in [0.15, 0.2) is 30.3 Å². The highest BCUT2D eigenvalue weighted by molar-refractivity contribution is 5.88. The molecule has 20 heavy (non-hydrogen) atoms. The fourth-order valence-corrected chi connectivity index (χ4v) is 1.96. The van der Waals surface area contributed by atoms with Gasteiger partial charge in [0.05, 0.1) is 5.56 Å². The number of anilines is 2. The number of hydrogen-bond acceptors (Lipinski definition) is 3. The Labute approximate surface area is 118 Å². The highest BCUT2D eigenvalue weighted by Gasteiger charge is 2.09. The van der Waals surface area contributed by atoms with Crippen molar-refractivity contribution in [2.45, 2.75) is 27.2 Å². The number of nitrogens with one attached hydrogen (secondary N) is 1. The zero-order chi connectivity index (χ0) is 14.7. The van der Waals surface area contributed by atoms with Gasteiger partial charge in [-0.05, 0) is 49.6 Å². The van der Waals surface area contributed by atoms with E-state index >= 15 is 0 Å².